The van der Waals surface area contributed by atoms with Gasteiger partial charge in [0.25, 0.3) is 5.56 Å². The highest BCUT2D eigenvalue weighted by molar-refractivity contribution is 5.97. The Morgan fingerprint density at radius 1 is 1.16 bits per heavy atom. The van der Waals surface area contributed by atoms with E-state index in [1.165, 1.54) is 12.1 Å². The van der Waals surface area contributed by atoms with Gasteiger partial charge in [0.2, 0.25) is 0 Å². The molecule has 3 heterocycles. The molecule has 1 N–H and O–H groups in total. The van der Waals surface area contributed by atoms with E-state index in [9.17, 15) is 9.18 Å². The van der Waals surface area contributed by atoms with Crippen molar-refractivity contribution < 1.29 is 4.39 Å². The first-order chi connectivity index (χ1) is 12.2. The minimum Gasteiger partial charge on any atom is -0.305 e. The summed E-state index contributed by atoms with van der Waals surface area (Å²) in [4.78, 5) is 26.9. The SMILES string of the molecule is O=c1[nH]c(C2=NCCCC2)nc2c1CN(Cc1ccc(F)cc1)CC2. The van der Waals surface area contributed by atoms with Crippen LogP contribution >= 0.6 is 0 Å². The standard InChI is InChI=1S/C19H21FN4O/c20-14-6-4-13(5-7-14)11-24-10-8-16-15(12-24)19(25)23-18(22-16)17-3-1-2-9-21-17/h4-7H,1-3,8-12H2,(H,22,23,25). The van der Waals surface area contributed by atoms with Gasteiger partial charge in [-0.2, -0.15) is 0 Å². The third-order valence-corrected chi connectivity index (χ3v) is 4.86. The van der Waals surface area contributed by atoms with Crippen molar-refractivity contribution in [3.63, 3.8) is 0 Å². The molecule has 2 aliphatic rings. The molecule has 6 heteroatoms. The van der Waals surface area contributed by atoms with Crippen LogP contribution in [0.25, 0.3) is 0 Å². The van der Waals surface area contributed by atoms with E-state index in [-0.39, 0.29) is 11.4 Å². The molecule has 4 rings (SSSR count). The van der Waals surface area contributed by atoms with Gasteiger partial charge in [-0.1, -0.05) is 12.1 Å². The first-order valence-electron chi connectivity index (χ1n) is 8.81. The van der Waals surface area contributed by atoms with Gasteiger partial charge >= 0.3 is 0 Å². The predicted octanol–water partition coefficient (Wildman–Crippen LogP) is 2.44. The minimum atomic E-state index is -0.230. The number of rotatable bonds is 3. The normalized spacial score (nSPS) is 17.9. The predicted molar refractivity (Wildman–Crippen MR) is 94.3 cm³/mol. The first-order valence-corrected chi connectivity index (χ1v) is 8.81. The third-order valence-electron chi connectivity index (χ3n) is 4.86. The molecule has 130 valence electrons. The summed E-state index contributed by atoms with van der Waals surface area (Å²) in [5.41, 5.74) is 3.55. The molecule has 0 atom stereocenters. The molecule has 0 amide bonds. The van der Waals surface area contributed by atoms with Crippen LogP contribution in [-0.2, 0) is 19.5 Å². The summed E-state index contributed by atoms with van der Waals surface area (Å²) < 4.78 is 13.0. The van der Waals surface area contributed by atoms with Crippen molar-refractivity contribution in [2.45, 2.75) is 38.8 Å². The number of fused-ring (bicyclic) bond motifs is 1. The fraction of sp³-hybridized carbons (Fsp3) is 0.421. The molecule has 1 aromatic carbocycles. The van der Waals surface area contributed by atoms with Gasteiger partial charge in [0, 0.05) is 32.6 Å². The minimum absolute atomic E-state index is 0.0583. The largest absolute Gasteiger partial charge is 0.305 e. The second-order valence-electron chi connectivity index (χ2n) is 6.71. The van der Waals surface area contributed by atoms with Crippen molar-refractivity contribution in [1.82, 2.24) is 14.9 Å². The zero-order valence-electron chi connectivity index (χ0n) is 14.1. The Morgan fingerprint density at radius 3 is 2.76 bits per heavy atom. The molecule has 0 unspecified atom stereocenters. The van der Waals surface area contributed by atoms with Crippen molar-refractivity contribution in [3.8, 4) is 0 Å². The Labute approximate surface area is 145 Å². The number of benzene rings is 1. The highest BCUT2D eigenvalue weighted by Gasteiger charge is 2.22. The number of nitrogens with one attached hydrogen (secondary N) is 1. The van der Waals surface area contributed by atoms with Crippen LogP contribution in [0, 0.1) is 5.82 Å². The maximum absolute atomic E-state index is 13.0. The molecule has 0 bridgehead atoms. The Hall–Kier alpha value is -2.34. The van der Waals surface area contributed by atoms with Crippen LogP contribution in [0.3, 0.4) is 0 Å². The summed E-state index contributed by atoms with van der Waals surface area (Å²) in [5, 5.41) is 0. The van der Waals surface area contributed by atoms with E-state index in [0.717, 1.165) is 61.3 Å². The maximum Gasteiger partial charge on any atom is 0.255 e. The first kappa shape index (κ1) is 16.1. The summed E-state index contributed by atoms with van der Waals surface area (Å²) in [6.45, 7) is 2.93. The zero-order valence-corrected chi connectivity index (χ0v) is 14.1. The van der Waals surface area contributed by atoms with Crippen LogP contribution in [-0.4, -0.2) is 33.7 Å². The molecular weight excluding hydrogens is 319 g/mol. The lowest BCUT2D eigenvalue weighted by molar-refractivity contribution is 0.241. The number of aliphatic imine (C=N–C) groups is 1. The molecule has 1 aromatic heterocycles. The Morgan fingerprint density at radius 2 is 2.00 bits per heavy atom. The zero-order chi connectivity index (χ0) is 17.2. The molecule has 0 radical (unpaired) electrons. The molecular formula is C19H21FN4O. The molecule has 0 aliphatic carbocycles. The summed E-state index contributed by atoms with van der Waals surface area (Å²) in [6.07, 6.45) is 3.85. The lowest BCUT2D eigenvalue weighted by atomic mass is 10.0. The van der Waals surface area contributed by atoms with Gasteiger partial charge < -0.3 is 4.98 Å². The lowest BCUT2D eigenvalue weighted by Gasteiger charge is -2.28. The fourth-order valence-electron chi connectivity index (χ4n) is 3.49. The Bertz CT molecular complexity index is 857. The molecule has 0 saturated carbocycles. The van der Waals surface area contributed by atoms with Gasteiger partial charge in [0.1, 0.15) is 5.82 Å². The monoisotopic (exact) mass is 340 g/mol. The van der Waals surface area contributed by atoms with Gasteiger partial charge in [-0.05, 0) is 37.0 Å². The Kier molecular flexibility index (Phi) is 4.44. The number of nitrogens with zero attached hydrogens (tertiary/aromatic N) is 3. The molecule has 2 aromatic rings. The molecule has 2 aliphatic heterocycles. The van der Waals surface area contributed by atoms with Gasteiger partial charge in [0.15, 0.2) is 5.82 Å². The molecule has 5 nitrogen and oxygen atoms in total. The van der Waals surface area contributed by atoms with Crippen LogP contribution in [0.4, 0.5) is 4.39 Å². The molecule has 0 spiro atoms. The second-order valence-corrected chi connectivity index (χ2v) is 6.71. The maximum atomic E-state index is 13.0. The van der Waals surface area contributed by atoms with E-state index < -0.39 is 0 Å². The number of halogens is 1. The van der Waals surface area contributed by atoms with Crippen LogP contribution in [0.5, 0.6) is 0 Å². The van der Waals surface area contributed by atoms with Gasteiger partial charge in [0.05, 0.1) is 17.0 Å². The fourth-order valence-corrected chi connectivity index (χ4v) is 3.49. The summed E-state index contributed by atoms with van der Waals surface area (Å²) in [5.74, 6) is 0.418. The summed E-state index contributed by atoms with van der Waals surface area (Å²) >= 11 is 0. The number of aromatic nitrogens is 2. The van der Waals surface area contributed by atoms with E-state index in [1.807, 2.05) is 0 Å². The summed E-state index contributed by atoms with van der Waals surface area (Å²) in [6, 6.07) is 6.52. The van der Waals surface area contributed by atoms with Gasteiger partial charge in [-0.25, -0.2) is 9.37 Å². The highest BCUT2D eigenvalue weighted by atomic mass is 19.1. The van der Waals surface area contributed by atoms with Gasteiger partial charge in [-0.3, -0.25) is 14.7 Å². The van der Waals surface area contributed by atoms with E-state index in [0.29, 0.717) is 18.9 Å². The van der Waals surface area contributed by atoms with E-state index in [2.05, 4.69) is 19.9 Å². The second kappa shape index (κ2) is 6.88. The van der Waals surface area contributed by atoms with Crippen LogP contribution < -0.4 is 5.56 Å². The highest BCUT2D eigenvalue weighted by Crippen LogP contribution is 2.18. The topological polar surface area (TPSA) is 61.4 Å². The average Bonchev–Trinajstić information content (AvgIpc) is 2.65. The van der Waals surface area contributed by atoms with Crippen LogP contribution in [0.2, 0.25) is 0 Å². The summed E-state index contributed by atoms with van der Waals surface area (Å²) in [7, 11) is 0. The smallest absolute Gasteiger partial charge is 0.255 e. The number of aromatic amines is 1. The lowest BCUT2D eigenvalue weighted by Crippen LogP contribution is -2.36. The van der Waals surface area contributed by atoms with E-state index in [4.69, 9.17) is 0 Å². The third kappa shape index (κ3) is 3.54. The van der Waals surface area contributed by atoms with Crippen LogP contribution in [0.1, 0.15) is 41.9 Å². The van der Waals surface area contributed by atoms with Crippen molar-refractivity contribution in [1.29, 1.82) is 0 Å². The number of H-pyrrole nitrogens is 1. The van der Waals surface area contributed by atoms with Crippen molar-refractivity contribution in [2.75, 3.05) is 13.1 Å². The Balaban J connectivity index is 1.54. The van der Waals surface area contributed by atoms with E-state index >= 15 is 0 Å². The molecule has 25 heavy (non-hydrogen) atoms. The molecule has 0 fully saturated rings. The van der Waals surface area contributed by atoms with Crippen LogP contribution in [0.15, 0.2) is 34.1 Å². The van der Waals surface area contributed by atoms with E-state index in [1.54, 1.807) is 12.1 Å². The molecule has 0 saturated heterocycles. The number of hydrogen-bond acceptors (Lipinski definition) is 4. The van der Waals surface area contributed by atoms with Gasteiger partial charge in [-0.15, -0.1) is 0 Å². The van der Waals surface area contributed by atoms with Crippen molar-refractivity contribution in [3.05, 3.63) is 63.1 Å². The number of hydrogen-bond donors (Lipinski definition) is 1. The quantitative estimate of drug-likeness (QED) is 0.933. The van der Waals surface area contributed by atoms with Crippen molar-refractivity contribution >= 4 is 5.71 Å². The van der Waals surface area contributed by atoms with Crippen molar-refractivity contribution in [2.24, 2.45) is 4.99 Å². The average molecular weight is 340 g/mol.